The minimum absolute atomic E-state index is 0.313. The maximum atomic E-state index is 10.5. The molecule has 1 rings (SSSR count). The van der Waals surface area contributed by atoms with Gasteiger partial charge in [0.05, 0.1) is 10.6 Å². The van der Waals surface area contributed by atoms with Gasteiger partial charge in [0.15, 0.2) is 6.61 Å². The Morgan fingerprint density at radius 3 is 2.50 bits per heavy atom. The first kappa shape index (κ1) is 9.27. The molecule has 0 spiro atoms. The first-order valence-electron chi connectivity index (χ1n) is 3.09. The molecule has 1 heterocycles. The van der Waals surface area contributed by atoms with Crippen LogP contribution in [0.25, 0.3) is 0 Å². The van der Waals surface area contributed by atoms with Gasteiger partial charge in [0.25, 0.3) is 0 Å². The molecule has 0 aromatic carbocycles. The fraction of sp³-hybridized carbons (Fsp3) is 0.600. The predicted octanol–water partition coefficient (Wildman–Crippen LogP) is 0.177. The zero-order valence-electron chi connectivity index (χ0n) is 6.19. The van der Waals surface area contributed by atoms with Gasteiger partial charge in [0, 0.05) is 0 Å². The average Bonchev–Trinajstić information content (AvgIpc) is 2.29. The highest BCUT2D eigenvalue weighted by molar-refractivity contribution is 9.19. The average molecular weight is 236 g/mol. The molecule has 0 fully saturated rings. The van der Waals surface area contributed by atoms with E-state index in [1.807, 2.05) is 0 Å². The van der Waals surface area contributed by atoms with Crippen molar-refractivity contribution in [2.24, 2.45) is 9.98 Å². The second-order valence-electron chi connectivity index (χ2n) is 2.29. The van der Waals surface area contributed by atoms with Gasteiger partial charge in [-0.2, -0.15) is 9.98 Å². The maximum Gasteiger partial charge on any atom is 0.436 e. The molecule has 1 unspecified atom stereocenters. The van der Waals surface area contributed by atoms with Crippen molar-refractivity contribution in [3.05, 3.63) is 10.1 Å². The molecule has 0 radical (unpaired) electrons. The van der Waals surface area contributed by atoms with E-state index in [-0.39, 0.29) is 0 Å². The van der Waals surface area contributed by atoms with E-state index in [4.69, 9.17) is 5.11 Å². The Labute approximate surface area is 76.3 Å². The van der Waals surface area contributed by atoms with Crippen LogP contribution in [0.15, 0.2) is 9.98 Å². The summed E-state index contributed by atoms with van der Waals surface area (Å²) in [6.45, 7) is 0.848. The fourth-order valence-corrected chi connectivity index (χ4v) is 1.16. The number of halogens is 1. The Hall–Kier alpha value is -0.820. The van der Waals surface area contributed by atoms with Crippen molar-refractivity contribution >= 4 is 26.3 Å². The number of nitrogens with zero attached hydrogens (tertiary/aromatic N) is 3. The van der Waals surface area contributed by atoms with E-state index < -0.39 is 17.3 Å². The van der Waals surface area contributed by atoms with Crippen LogP contribution in [0.4, 0.5) is 0 Å². The van der Waals surface area contributed by atoms with Gasteiger partial charge in [-0.3, -0.25) is 10.1 Å². The van der Waals surface area contributed by atoms with Crippen LogP contribution in [0.1, 0.15) is 6.92 Å². The maximum absolute atomic E-state index is 10.5. The predicted molar refractivity (Wildman–Crippen MR) is 46.3 cm³/mol. The van der Waals surface area contributed by atoms with Gasteiger partial charge in [-0.05, 0) is 22.9 Å². The minimum Gasteiger partial charge on any atom is -0.384 e. The van der Waals surface area contributed by atoms with Gasteiger partial charge in [-0.1, -0.05) is 0 Å². The number of hydrogen-bond acceptors (Lipinski definition) is 5. The third-order valence-electron chi connectivity index (χ3n) is 1.43. The highest BCUT2D eigenvalue weighted by Gasteiger charge is 2.46. The minimum atomic E-state index is -1.91. The molecule has 0 aliphatic carbocycles. The van der Waals surface area contributed by atoms with E-state index >= 15 is 0 Å². The Morgan fingerprint density at radius 1 is 1.75 bits per heavy atom. The molecular formula is C5H6BrN3O3. The van der Waals surface area contributed by atoms with Crippen LogP contribution in [0.3, 0.4) is 0 Å². The lowest BCUT2D eigenvalue weighted by molar-refractivity contribution is -0.568. The van der Waals surface area contributed by atoms with Crippen molar-refractivity contribution in [2.75, 3.05) is 6.61 Å². The highest BCUT2D eigenvalue weighted by Crippen LogP contribution is 2.21. The van der Waals surface area contributed by atoms with Crippen molar-refractivity contribution in [3.63, 3.8) is 0 Å². The number of aliphatic imine (C=N–C) groups is 2. The molecule has 6 nitrogen and oxygen atoms in total. The molecule has 0 aromatic heterocycles. The van der Waals surface area contributed by atoms with Crippen LogP contribution in [0, 0.1) is 10.1 Å². The highest BCUT2D eigenvalue weighted by atomic mass is 79.9. The van der Waals surface area contributed by atoms with Crippen molar-refractivity contribution in [1.29, 1.82) is 0 Å². The van der Waals surface area contributed by atoms with Crippen molar-refractivity contribution in [3.8, 4) is 0 Å². The number of aliphatic hydroxyl groups excluding tert-OH is 1. The van der Waals surface area contributed by atoms with Gasteiger partial charge in [-0.25, -0.2) is 0 Å². The molecule has 0 saturated carbocycles. The smallest absolute Gasteiger partial charge is 0.384 e. The molecular weight excluding hydrogens is 230 g/mol. The first-order chi connectivity index (χ1) is 5.52. The van der Waals surface area contributed by atoms with Crippen LogP contribution in [0.5, 0.6) is 0 Å². The summed E-state index contributed by atoms with van der Waals surface area (Å²) >= 11 is 2.99. The van der Waals surface area contributed by atoms with E-state index in [1.165, 1.54) is 0 Å². The van der Waals surface area contributed by atoms with Gasteiger partial charge in [0.2, 0.25) is 0 Å². The number of rotatable bonds is 2. The van der Waals surface area contributed by atoms with Crippen LogP contribution < -0.4 is 0 Å². The third kappa shape index (κ3) is 1.25. The van der Waals surface area contributed by atoms with Crippen LogP contribution in [-0.2, 0) is 0 Å². The topological polar surface area (TPSA) is 88.1 Å². The Balaban J connectivity index is 3.10. The zero-order chi connectivity index (χ0) is 9.35. The molecule has 1 atom stereocenters. The lowest BCUT2D eigenvalue weighted by Crippen LogP contribution is -2.36. The van der Waals surface area contributed by atoms with Gasteiger partial charge >= 0.3 is 5.79 Å². The fourth-order valence-electron chi connectivity index (χ4n) is 0.788. The summed E-state index contributed by atoms with van der Waals surface area (Å²) in [5.74, 6) is -1.91. The molecule has 0 saturated heterocycles. The summed E-state index contributed by atoms with van der Waals surface area (Å²) in [5, 5.41) is 19.2. The molecule has 12 heavy (non-hydrogen) atoms. The SMILES string of the molecule is CC1=NC(CO)([N+](=O)[O-])N=C1Br. The van der Waals surface area contributed by atoms with Crippen molar-refractivity contribution < 1.29 is 10.0 Å². The molecule has 66 valence electrons. The Kier molecular flexibility index (Phi) is 2.25. The zero-order valence-corrected chi connectivity index (χ0v) is 7.78. The number of hydrogen-bond donors (Lipinski definition) is 1. The summed E-state index contributed by atoms with van der Waals surface area (Å²) in [6.07, 6.45) is 0. The van der Waals surface area contributed by atoms with E-state index in [2.05, 4.69) is 25.9 Å². The van der Waals surface area contributed by atoms with E-state index in [0.29, 0.717) is 10.3 Å². The standard InChI is InChI=1S/C5H6BrN3O3/c1-3-4(6)8-5(2-10,7-3)9(11)12/h10H,2H2,1H3. The summed E-state index contributed by atoms with van der Waals surface area (Å²) in [4.78, 5) is 17.0. The monoisotopic (exact) mass is 235 g/mol. The van der Waals surface area contributed by atoms with Crippen LogP contribution in [-0.4, -0.2) is 32.8 Å². The lowest BCUT2D eigenvalue weighted by atomic mass is 10.4. The first-order valence-corrected chi connectivity index (χ1v) is 3.88. The van der Waals surface area contributed by atoms with E-state index in [9.17, 15) is 10.1 Å². The lowest BCUT2D eigenvalue weighted by Gasteiger charge is -2.08. The largest absolute Gasteiger partial charge is 0.436 e. The van der Waals surface area contributed by atoms with Gasteiger partial charge in [0.1, 0.15) is 4.62 Å². The summed E-state index contributed by atoms with van der Waals surface area (Å²) < 4.78 is 0.313. The van der Waals surface area contributed by atoms with E-state index in [0.717, 1.165) is 0 Å². The van der Waals surface area contributed by atoms with Gasteiger partial charge in [-0.15, -0.1) is 0 Å². The second-order valence-corrected chi connectivity index (χ2v) is 3.04. The molecule has 0 bridgehead atoms. The van der Waals surface area contributed by atoms with Crippen LogP contribution >= 0.6 is 15.9 Å². The molecule has 7 heteroatoms. The van der Waals surface area contributed by atoms with Crippen molar-refractivity contribution in [1.82, 2.24) is 0 Å². The number of aliphatic hydroxyl groups is 1. The molecule has 0 aromatic rings. The third-order valence-corrected chi connectivity index (χ3v) is 2.18. The second kappa shape index (κ2) is 2.91. The van der Waals surface area contributed by atoms with Crippen LogP contribution in [0.2, 0.25) is 0 Å². The molecule has 1 N–H and O–H groups in total. The Morgan fingerprint density at radius 2 is 2.33 bits per heavy atom. The summed E-state index contributed by atoms with van der Waals surface area (Å²) in [5.41, 5.74) is 0.417. The van der Waals surface area contributed by atoms with E-state index in [1.54, 1.807) is 6.92 Å². The summed E-state index contributed by atoms with van der Waals surface area (Å²) in [6, 6.07) is 0. The number of nitro groups is 1. The van der Waals surface area contributed by atoms with Gasteiger partial charge < -0.3 is 5.11 Å². The summed E-state index contributed by atoms with van der Waals surface area (Å²) in [7, 11) is 0. The van der Waals surface area contributed by atoms with Crippen molar-refractivity contribution in [2.45, 2.75) is 12.7 Å². The Bertz CT molecular complexity index is 268. The molecule has 1 aliphatic rings. The molecule has 0 amide bonds. The normalized spacial score (nSPS) is 28.2. The quantitative estimate of drug-likeness (QED) is 0.547. The molecule has 1 aliphatic heterocycles.